The molecule has 1 amide bonds. The molecule has 4 aromatic rings. The molecule has 0 saturated carbocycles. The van der Waals surface area contributed by atoms with Crippen LogP contribution in [0.15, 0.2) is 72.8 Å². The average Bonchev–Trinajstić information content (AvgIpc) is 3.35. The second-order valence-corrected chi connectivity index (χ2v) is 8.77. The van der Waals surface area contributed by atoms with Crippen LogP contribution in [0.5, 0.6) is 17.2 Å². The minimum atomic E-state index is -0.194. The van der Waals surface area contributed by atoms with Crippen LogP contribution in [0.25, 0.3) is 0 Å². The molecule has 5 rings (SSSR count). The van der Waals surface area contributed by atoms with Crippen molar-refractivity contribution in [3.8, 4) is 17.2 Å². The van der Waals surface area contributed by atoms with E-state index >= 15 is 0 Å². The monoisotopic (exact) mass is 499 g/mol. The normalized spacial score (nSPS) is 16.3. The summed E-state index contributed by atoms with van der Waals surface area (Å²) in [7, 11) is 4.91. The van der Waals surface area contributed by atoms with Crippen LogP contribution in [-0.2, 0) is 11.2 Å². The van der Waals surface area contributed by atoms with Crippen LogP contribution in [0.2, 0.25) is 0 Å². The summed E-state index contributed by atoms with van der Waals surface area (Å²) in [5.74, 6) is 2.99. The number of carbonyl (C=O) groups is 1. The van der Waals surface area contributed by atoms with E-state index in [-0.39, 0.29) is 30.4 Å². The zero-order chi connectivity index (χ0) is 25.8. The highest BCUT2D eigenvalue weighted by atomic mass is 16.5. The summed E-state index contributed by atoms with van der Waals surface area (Å²) in [6.45, 7) is 0. The van der Waals surface area contributed by atoms with Gasteiger partial charge in [0.15, 0.2) is 0 Å². The van der Waals surface area contributed by atoms with Gasteiger partial charge in [-0.1, -0.05) is 36.4 Å². The maximum atomic E-state index is 12.7. The van der Waals surface area contributed by atoms with E-state index in [1.54, 1.807) is 21.3 Å². The van der Waals surface area contributed by atoms with Gasteiger partial charge in [-0.05, 0) is 59.5 Å². The number of benzene rings is 3. The molecule has 9 nitrogen and oxygen atoms in total. The number of ether oxygens (including phenoxy) is 3. The first-order valence-corrected chi connectivity index (χ1v) is 12.0. The second kappa shape index (κ2) is 10.6. The Morgan fingerprint density at radius 1 is 0.865 bits per heavy atom. The largest absolute Gasteiger partial charge is 0.497 e. The van der Waals surface area contributed by atoms with Gasteiger partial charge in [0.25, 0.3) is 5.95 Å². The summed E-state index contributed by atoms with van der Waals surface area (Å²) in [6, 6.07) is 23.2. The van der Waals surface area contributed by atoms with Crippen molar-refractivity contribution >= 4 is 17.8 Å². The molecule has 2 unspecified atom stereocenters. The van der Waals surface area contributed by atoms with Crippen molar-refractivity contribution < 1.29 is 19.0 Å². The number of methoxy groups -OCH3 is 3. The second-order valence-electron chi connectivity index (χ2n) is 8.77. The molecule has 0 fully saturated rings. The Morgan fingerprint density at radius 2 is 1.41 bits per heavy atom. The van der Waals surface area contributed by atoms with Crippen LogP contribution >= 0.6 is 0 Å². The number of aromatic nitrogens is 3. The Morgan fingerprint density at radius 3 is 1.97 bits per heavy atom. The Hall–Kier alpha value is -4.53. The van der Waals surface area contributed by atoms with Crippen molar-refractivity contribution in [2.75, 3.05) is 32.0 Å². The van der Waals surface area contributed by atoms with Crippen molar-refractivity contribution in [2.45, 2.75) is 24.9 Å². The number of rotatable bonds is 8. The number of nitrogens with zero attached hydrogens (tertiary/aromatic N) is 3. The lowest BCUT2D eigenvalue weighted by atomic mass is 9.93. The van der Waals surface area contributed by atoms with Gasteiger partial charge < -0.3 is 19.5 Å². The quantitative estimate of drug-likeness (QED) is 0.365. The maximum absolute atomic E-state index is 12.7. The Labute approximate surface area is 215 Å². The number of hydrogen-bond acceptors (Lipinski definition) is 7. The Balaban J connectivity index is 1.40. The highest BCUT2D eigenvalue weighted by molar-refractivity contribution is 5.90. The molecule has 1 aliphatic rings. The smallest absolute Gasteiger partial charge is 0.250 e. The van der Waals surface area contributed by atoms with E-state index in [4.69, 9.17) is 14.2 Å². The minimum absolute atomic E-state index is 0.00226. The lowest BCUT2D eigenvalue weighted by molar-refractivity contribution is -0.115. The highest BCUT2D eigenvalue weighted by Crippen LogP contribution is 2.39. The van der Waals surface area contributed by atoms with Crippen LogP contribution < -0.4 is 24.8 Å². The van der Waals surface area contributed by atoms with Crippen LogP contribution in [0.4, 0.5) is 11.9 Å². The van der Waals surface area contributed by atoms with E-state index < -0.39 is 0 Å². The zero-order valence-electron chi connectivity index (χ0n) is 21.0. The van der Waals surface area contributed by atoms with Crippen molar-refractivity contribution in [2.24, 2.45) is 0 Å². The standard InChI is InChI=1S/C28H29N5O4/c1-35-21-10-4-18(5-11-21)16-26(34)30-27-31-28-29-24(19-6-12-22(36-2)13-7-19)17-25(33(28)32-27)20-8-14-23(37-3)15-9-20/h4-15,24-25H,16-17H2,1-3H3,(H2,29,30,31,32,34). The molecule has 3 aromatic carbocycles. The number of carbonyl (C=O) groups excluding carboxylic acids is 1. The summed E-state index contributed by atoms with van der Waals surface area (Å²) >= 11 is 0. The number of nitrogens with one attached hydrogen (secondary N) is 2. The Bertz CT molecular complexity index is 1350. The number of hydrogen-bond donors (Lipinski definition) is 2. The summed E-state index contributed by atoms with van der Waals surface area (Å²) in [4.78, 5) is 17.4. The van der Waals surface area contributed by atoms with Gasteiger partial charge >= 0.3 is 0 Å². The van der Waals surface area contributed by atoms with Gasteiger partial charge in [0.2, 0.25) is 11.9 Å². The van der Waals surface area contributed by atoms with E-state index in [9.17, 15) is 4.79 Å². The summed E-state index contributed by atoms with van der Waals surface area (Å²) in [5, 5.41) is 11.0. The molecule has 37 heavy (non-hydrogen) atoms. The molecule has 0 bridgehead atoms. The maximum Gasteiger partial charge on any atom is 0.250 e. The predicted molar refractivity (Wildman–Crippen MR) is 140 cm³/mol. The number of anilines is 2. The van der Waals surface area contributed by atoms with Gasteiger partial charge in [0, 0.05) is 0 Å². The van der Waals surface area contributed by atoms with Crippen LogP contribution in [-0.4, -0.2) is 42.0 Å². The molecule has 1 aliphatic heterocycles. The third kappa shape index (κ3) is 5.35. The molecular formula is C28H29N5O4. The van der Waals surface area contributed by atoms with Gasteiger partial charge in [-0.3, -0.25) is 10.1 Å². The molecule has 0 spiro atoms. The molecule has 0 saturated heterocycles. The van der Waals surface area contributed by atoms with Gasteiger partial charge in [-0.2, -0.15) is 4.98 Å². The average molecular weight is 500 g/mol. The molecule has 2 heterocycles. The van der Waals surface area contributed by atoms with E-state index in [1.165, 1.54) is 0 Å². The number of fused-ring (bicyclic) bond motifs is 1. The minimum Gasteiger partial charge on any atom is -0.497 e. The third-order valence-corrected chi connectivity index (χ3v) is 6.48. The van der Waals surface area contributed by atoms with E-state index in [0.717, 1.165) is 40.4 Å². The van der Waals surface area contributed by atoms with E-state index in [0.29, 0.717) is 5.95 Å². The molecule has 0 radical (unpaired) electrons. The lowest BCUT2D eigenvalue weighted by Crippen LogP contribution is -2.28. The predicted octanol–water partition coefficient (Wildman–Crippen LogP) is 4.63. The fraction of sp³-hybridized carbons (Fsp3) is 0.250. The van der Waals surface area contributed by atoms with Gasteiger partial charge in [0.05, 0.1) is 39.8 Å². The lowest BCUT2D eigenvalue weighted by Gasteiger charge is -2.31. The zero-order valence-corrected chi connectivity index (χ0v) is 21.0. The summed E-state index contributed by atoms with van der Waals surface area (Å²) in [5.41, 5.74) is 3.05. The van der Waals surface area contributed by atoms with Gasteiger partial charge in [0.1, 0.15) is 17.2 Å². The summed E-state index contributed by atoms with van der Waals surface area (Å²) < 4.78 is 17.7. The van der Waals surface area contributed by atoms with Crippen molar-refractivity contribution in [3.63, 3.8) is 0 Å². The fourth-order valence-electron chi connectivity index (χ4n) is 4.49. The summed E-state index contributed by atoms with van der Waals surface area (Å²) in [6.07, 6.45) is 0.950. The van der Waals surface area contributed by atoms with Crippen molar-refractivity contribution in [1.29, 1.82) is 0 Å². The van der Waals surface area contributed by atoms with Crippen LogP contribution in [0.1, 0.15) is 35.2 Å². The molecule has 2 N–H and O–H groups in total. The van der Waals surface area contributed by atoms with E-state index in [2.05, 4.69) is 20.7 Å². The Kier molecular flexibility index (Phi) is 6.93. The first-order valence-electron chi connectivity index (χ1n) is 12.0. The third-order valence-electron chi connectivity index (χ3n) is 6.48. The van der Waals surface area contributed by atoms with Gasteiger partial charge in [-0.25, -0.2) is 4.68 Å². The van der Waals surface area contributed by atoms with Gasteiger partial charge in [-0.15, -0.1) is 5.10 Å². The number of amides is 1. The van der Waals surface area contributed by atoms with Crippen molar-refractivity contribution in [1.82, 2.24) is 14.8 Å². The first-order chi connectivity index (χ1) is 18.1. The SMILES string of the molecule is COc1ccc(CC(=O)Nc2nc3n(n2)C(c2ccc(OC)cc2)CC(c2ccc(OC)cc2)N3)cc1. The first kappa shape index (κ1) is 24.2. The molecule has 190 valence electrons. The molecule has 2 atom stereocenters. The van der Waals surface area contributed by atoms with Crippen LogP contribution in [0.3, 0.4) is 0 Å². The highest BCUT2D eigenvalue weighted by Gasteiger charge is 2.31. The molecule has 0 aliphatic carbocycles. The van der Waals surface area contributed by atoms with E-state index in [1.807, 2.05) is 77.5 Å². The topological polar surface area (TPSA) is 99.5 Å². The van der Waals surface area contributed by atoms with Crippen molar-refractivity contribution in [3.05, 3.63) is 89.5 Å². The fourth-order valence-corrected chi connectivity index (χ4v) is 4.49. The molecule has 1 aromatic heterocycles. The molecule has 9 heteroatoms. The van der Waals surface area contributed by atoms with Crippen LogP contribution in [0, 0.1) is 0 Å². The molecular weight excluding hydrogens is 470 g/mol.